The first-order valence-electron chi connectivity index (χ1n) is 8.76. The third-order valence-electron chi connectivity index (χ3n) is 4.88. The number of fused-ring (bicyclic) bond motifs is 1. The second-order valence-electron chi connectivity index (χ2n) is 6.51. The van der Waals surface area contributed by atoms with Crippen LogP contribution in [0.1, 0.15) is 5.56 Å². The van der Waals surface area contributed by atoms with Gasteiger partial charge in [0.1, 0.15) is 5.52 Å². The van der Waals surface area contributed by atoms with Gasteiger partial charge in [0.15, 0.2) is 0 Å². The van der Waals surface area contributed by atoms with Gasteiger partial charge in [0.05, 0.1) is 16.0 Å². The molecule has 1 fully saturated rings. The number of non-ortho nitro benzene ring substituents is 1. The van der Waals surface area contributed by atoms with Crippen LogP contribution in [0, 0.1) is 10.1 Å². The Morgan fingerprint density at radius 3 is 2.46 bits per heavy atom. The van der Waals surface area contributed by atoms with Crippen molar-refractivity contribution < 1.29 is 4.92 Å². The molecule has 0 atom stereocenters. The topological polar surface area (TPSA) is 62.5 Å². The molecule has 0 saturated carbocycles. The highest BCUT2D eigenvalue weighted by atomic mass is 16.6. The quantitative estimate of drug-likeness (QED) is 0.534. The van der Waals surface area contributed by atoms with Crippen LogP contribution in [0.25, 0.3) is 10.9 Å². The van der Waals surface area contributed by atoms with Gasteiger partial charge in [-0.3, -0.25) is 20.0 Å². The van der Waals surface area contributed by atoms with E-state index in [0.717, 1.165) is 38.4 Å². The average Bonchev–Trinajstić information content (AvgIpc) is 2.68. The van der Waals surface area contributed by atoms with Gasteiger partial charge in [-0.05, 0) is 23.8 Å². The molecule has 0 spiro atoms. The van der Waals surface area contributed by atoms with Crippen molar-refractivity contribution in [3.05, 3.63) is 76.5 Å². The number of nitrogens with zero attached hydrogens (tertiary/aromatic N) is 4. The number of nitro benzene ring substituents is 1. The molecule has 0 radical (unpaired) electrons. The molecule has 6 nitrogen and oxygen atoms in total. The molecule has 0 N–H and O–H groups in total. The first-order valence-corrected chi connectivity index (χ1v) is 8.76. The van der Waals surface area contributed by atoms with Gasteiger partial charge in [-0.1, -0.05) is 30.3 Å². The smallest absolute Gasteiger partial charge is 0.278 e. The van der Waals surface area contributed by atoms with Crippen molar-refractivity contribution in [1.29, 1.82) is 0 Å². The molecule has 26 heavy (non-hydrogen) atoms. The maximum Gasteiger partial charge on any atom is 0.278 e. The second kappa shape index (κ2) is 7.09. The largest absolute Gasteiger partial charge is 0.367 e. The zero-order chi connectivity index (χ0) is 17.9. The maximum absolute atomic E-state index is 11.3. The molecular weight excluding hydrogens is 328 g/mol. The summed E-state index contributed by atoms with van der Waals surface area (Å²) in [5, 5.41) is 11.9. The number of pyridine rings is 1. The first-order chi connectivity index (χ1) is 12.7. The van der Waals surface area contributed by atoms with Gasteiger partial charge in [-0.15, -0.1) is 0 Å². The normalized spacial score (nSPS) is 15.3. The lowest BCUT2D eigenvalue weighted by atomic mass is 10.1. The predicted molar refractivity (Wildman–Crippen MR) is 102 cm³/mol. The van der Waals surface area contributed by atoms with E-state index in [2.05, 4.69) is 39.0 Å². The monoisotopic (exact) mass is 348 g/mol. The zero-order valence-electron chi connectivity index (χ0n) is 14.4. The lowest BCUT2D eigenvalue weighted by molar-refractivity contribution is -0.383. The highest BCUT2D eigenvalue weighted by Gasteiger charge is 2.22. The molecule has 1 saturated heterocycles. The van der Waals surface area contributed by atoms with E-state index in [4.69, 9.17) is 0 Å². The first kappa shape index (κ1) is 16.5. The third kappa shape index (κ3) is 3.23. The summed E-state index contributed by atoms with van der Waals surface area (Å²) < 4.78 is 0. The highest BCUT2D eigenvalue weighted by molar-refractivity contribution is 5.97. The Bertz CT molecular complexity index is 922. The van der Waals surface area contributed by atoms with Crippen LogP contribution >= 0.6 is 0 Å². The van der Waals surface area contributed by atoms with Crippen molar-refractivity contribution in [1.82, 2.24) is 9.88 Å². The fourth-order valence-electron chi connectivity index (χ4n) is 3.55. The minimum absolute atomic E-state index is 0.111. The molecule has 3 aromatic rings. The standard InChI is InChI=1S/C20H20N4O2/c25-24(26)18-8-9-19(20-17(18)7-4-10-21-20)23-13-11-22(12-14-23)15-16-5-2-1-3-6-16/h1-10H,11-15H2. The van der Waals surface area contributed by atoms with Crippen molar-refractivity contribution in [3.8, 4) is 0 Å². The van der Waals surface area contributed by atoms with Crippen molar-refractivity contribution >= 4 is 22.3 Å². The van der Waals surface area contributed by atoms with E-state index in [0.29, 0.717) is 10.9 Å². The van der Waals surface area contributed by atoms with E-state index in [1.165, 1.54) is 5.56 Å². The zero-order valence-corrected chi connectivity index (χ0v) is 14.4. The SMILES string of the molecule is O=[N+]([O-])c1ccc(N2CCN(Cc3ccccc3)CC2)c2ncccc12. The lowest BCUT2D eigenvalue weighted by Gasteiger charge is -2.36. The Hall–Kier alpha value is -2.99. The molecule has 0 bridgehead atoms. The Morgan fingerprint density at radius 1 is 0.962 bits per heavy atom. The summed E-state index contributed by atoms with van der Waals surface area (Å²) in [5.74, 6) is 0. The number of piperazine rings is 1. The van der Waals surface area contributed by atoms with Gasteiger partial charge in [0.2, 0.25) is 0 Å². The minimum Gasteiger partial charge on any atom is -0.367 e. The van der Waals surface area contributed by atoms with Crippen molar-refractivity contribution in [3.63, 3.8) is 0 Å². The van der Waals surface area contributed by atoms with Gasteiger partial charge in [0, 0.05) is 45.0 Å². The number of nitro groups is 1. The molecule has 2 heterocycles. The number of aromatic nitrogens is 1. The summed E-state index contributed by atoms with van der Waals surface area (Å²) in [6.07, 6.45) is 1.70. The fraction of sp³-hybridized carbons (Fsp3) is 0.250. The lowest BCUT2D eigenvalue weighted by Crippen LogP contribution is -2.46. The van der Waals surface area contributed by atoms with Crippen LogP contribution in [-0.4, -0.2) is 41.0 Å². The van der Waals surface area contributed by atoms with Crippen LogP contribution in [0.3, 0.4) is 0 Å². The highest BCUT2D eigenvalue weighted by Crippen LogP contribution is 2.32. The van der Waals surface area contributed by atoms with Crippen molar-refractivity contribution in [2.75, 3.05) is 31.1 Å². The Balaban J connectivity index is 1.53. The predicted octanol–water partition coefficient (Wildman–Crippen LogP) is 3.47. The van der Waals surface area contributed by atoms with E-state index >= 15 is 0 Å². The van der Waals surface area contributed by atoms with Gasteiger partial charge in [-0.2, -0.15) is 0 Å². The number of hydrogen-bond acceptors (Lipinski definition) is 5. The summed E-state index contributed by atoms with van der Waals surface area (Å²) in [5.41, 5.74) is 3.12. The number of rotatable bonds is 4. The Labute approximate surface area is 151 Å². The van der Waals surface area contributed by atoms with Crippen LogP contribution in [0.4, 0.5) is 11.4 Å². The maximum atomic E-state index is 11.3. The van der Waals surface area contributed by atoms with Gasteiger partial charge < -0.3 is 4.90 Å². The molecule has 4 rings (SSSR count). The molecule has 6 heteroatoms. The van der Waals surface area contributed by atoms with E-state index in [1.807, 2.05) is 12.1 Å². The van der Waals surface area contributed by atoms with E-state index in [9.17, 15) is 10.1 Å². The molecular formula is C20H20N4O2. The Morgan fingerprint density at radius 2 is 1.73 bits per heavy atom. The summed E-state index contributed by atoms with van der Waals surface area (Å²) >= 11 is 0. The van der Waals surface area contributed by atoms with E-state index in [-0.39, 0.29) is 10.6 Å². The van der Waals surface area contributed by atoms with Crippen LogP contribution in [0.15, 0.2) is 60.8 Å². The molecule has 1 aromatic heterocycles. The van der Waals surface area contributed by atoms with E-state index in [1.54, 1.807) is 24.4 Å². The summed E-state index contributed by atoms with van der Waals surface area (Å²) in [6, 6.07) is 17.4. The Kier molecular flexibility index (Phi) is 4.50. The van der Waals surface area contributed by atoms with Crippen LogP contribution in [-0.2, 0) is 6.54 Å². The molecule has 0 amide bonds. The van der Waals surface area contributed by atoms with Crippen molar-refractivity contribution in [2.45, 2.75) is 6.54 Å². The van der Waals surface area contributed by atoms with Crippen LogP contribution in [0.2, 0.25) is 0 Å². The molecule has 2 aromatic carbocycles. The molecule has 0 aliphatic carbocycles. The fourth-order valence-corrected chi connectivity index (χ4v) is 3.55. The van der Waals surface area contributed by atoms with Crippen LogP contribution < -0.4 is 4.90 Å². The van der Waals surface area contributed by atoms with Gasteiger partial charge >= 0.3 is 0 Å². The van der Waals surface area contributed by atoms with Crippen molar-refractivity contribution in [2.24, 2.45) is 0 Å². The third-order valence-corrected chi connectivity index (χ3v) is 4.88. The summed E-state index contributed by atoms with van der Waals surface area (Å²) in [4.78, 5) is 20.1. The number of anilines is 1. The molecule has 132 valence electrons. The summed E-state index contributed by atoms with van der Waals surface area (Å²) in [7, 11) is 0. The number of hydrogen-bond donors (Lipinski definition) is 0. The average molecular weight is 348 g/mol. The van der Waals surface area contributed by atoms with E-state index < -0.39 is 0 Å². The number of benzene rings is 2. The van der Waals surface area contributed by atoms with Gasteiger partial charge in [0.25, 0.3) is 5.69 Å². The minimum atomic E-state index is -0.342. The summed E-state index contributed by atoms with van der Waals surface area (Å²) in [6.45, 7) is 4.64. The second-order valence-corrected chi connectivity index (χ2v) is 6.51. The van der Waals surface area contributed by atoms with Crippen LogP contribution in [0.5, 0.6) is 0 Å². The van der Waals surface area contributed by atoms with Gasteiger partial charge in [-0.25, -0.2) is 0 Å². The molecule has 1 aliphatic heterocycles. The molecule has 1 aliphatic rings. The molecule has 0 unspecified atom stereocenters.